The van der Waals surface area contributed by atoms with Crippen LogP contribution in [0.2, 0.25) is 0 Å². The van der Waals surface area contributed by atoms with Gasteiger partial charge in [0, 0.05) is 11.3 Å². The lowest BCUT2D eigenvalue weighted by Crippen LogP contribution is -2.09. The zero-order valence-corrected chi connectivity index (χ0v) is 14.7. The maximum atomic E-state index is 5.95. The van der Waals surface area contributed by atoms with Crippen LogP contribution in [0.1, 0.15) is 5.56 Å². The fourth-order valence-corrected chi connectivity index (χ4v) is 3.11. The summed E-state index contributed by atoms with van der Waals surface area (Å²) in [6.45, 7) is 3.36. The second-order valence-corrected chi connectivity index (χ2v) is 6.36. The summed E-state index contributed by atoms with van der Waals surface area (Å²) >= 11 is 0. The Morgan fingerprint density at radius 2 is 1.77 bits per heavy atom. The molecule has 0 aliphatic heterocycles. The topological polar surface area (TPSA) is 53.1 Å². The zero-order valence-electron chi connectivity index (χ0n) is 14.7. The lowest BCUT2D eigenvalue weighted by atomic mass is 10.2. The first-order valence-electron chi connectivity index (χ1n) is 8.71. The molecule has 3 aromatic carbocycles. The largest absolute Gasteiger partial charge is 0.492 e. The Hall–Kier alpha value is -3.27. The number of aryl methyl sites for hydroxylation is 1. The van der Waals surface area contributed by atoms with Crippen LogP contribution in [-0.4, -0.2) is 16.2 Å². The van der Waals surface area contributed by atoms with Crippen LogP contribution in [-0.2, 0) is 6.54 Å². The quantitative estimate of drug-likeness (QED) is 0.536. The van der Waals surface area contributed by atoms with E-state index in [1.807, 2.05) is 60.7 Å². The Morgan fingerprint density at radius 1 is 0.962 bits per heavy atom. The summed E-state index contributed by atoms with van der Waals surface area (Å²) in [6.07, 6.45) is 0. The summed E-state index contributed by atoms with van der Waals surface area (Å²) in [4.78, 5) is 4.82. The number of ether oxygens (including phenoxy) is 1. The van der Waals surface area contributed by atoms with Crippen molar-refractivity contribution < 1.29 is 4.74 Å². The number of hydrogen-bond donors (Lipinski definition) is 1. The molecule has 130 valence electrons. The molecule has 1 aromatic heterocycles. The second kappa shape index (κ2) is 6.92. The summed E-state index contributed by atoms with van der Waals surface area (Å²) in [5, 5.41) is 0. The van der Waals surface area contributed by atoms with Gasteiger partial charge >= 0.3 is 0 Å². The van der Waals surface area contributed by atoms with Gasteiger partial charge in [-0.1, -0.05) is 24.3 Å². The van der Waals surface area contributed by atoms with Crippen LogP contribution in [0.25, 0.3) is 22.4 Å². The monoisotopic (exact) mass is 343 g/mol. The van der Waals surface area contributed by atoms with E-state index in [4.69, 9.17) is 15.5 Å². The third-order valence-electron chi connectivity index (χ3n) is 4.40. The molecule has 0 amide bonds. The number of nitrogens with two attached hydrogens (primary N) is 1. The number of benzene rings is 3. The summed E-state index contributed by atoms with van der Waals surface area (Å²) in [5.41, 5.74) is 10.9. The maximum Gasteiger partial charge on any atom is 0.141 e. The molecule has 0 aliphatic carbocycles. The minimum Gasteiger partial charge on any atom is -0.492 e. The van der Waals surface area contributed by atoms with Crippen LogP contribution in [0.5, 0.6) is 5.75 Å². The van der Waals surface area contributed by atoms with Crippen LogP contribution < -0.4 is 10.5 Å². The highest BCUT2D eigenvalue weighted by atomic mass is 16.5. The van der Waals surface area contributed by atoms with Crippen LogP contribution in [0, 0.1) is 6.92 Å². The van der Waals surface area contributed by atoms with Crippen molar-refractivity contribution in [3.8, 4) is 17.1 Å². The predicted molar refractivity (Wildman–Crippen MR) is 106 cm³/mol. The fraction of sp³-hybridized carbons (Fsp3) is 0.136. The van der Waals surface area contributed by atoms with Crippen LogP contribution in [0.3, 0.4) is 0 Å². The number of para-hydroxylation sites is 2. The number of imidazole rings is 1. The van der Waals surface area contributed by atoms with E-state index in [1.165, 1.54) is 5.56 Å². The van der Waals surface area contributed by atoms with E-state index in [2.05, 4.69) is 23.6 Å². The lowest BCUT2D eigenvalue weighted by Gasteiger charge is -2.11. The molecule has 1 heterocycles. The molecule has 4 heteroatoms. The summed E-state index contributed by atoms with van der Waals surface area (Å²) in [7, 11) is 0. The van der Waals surface area contributed by atoms with Gasteiger partial charge in [0.25, 0.3) is 0 Å². The van der Waals surface area contributed by atoms with Gasteiger partial charge in [0.05, 0.1) is 17.6 Å². The molecule has 0 unspecified atom stereocenters. The number of anilines is 1. The number of nitrogen functional groups attached to an aromatic ring is 1. The smallest absolute Gasteiger partial charge is 0.141 e. The second-order valence-electron chi connectivity index (χ2n) is 6.36. The van der Waals surface area contributed by atoms with Gasteiger partial charge < -0.3 is 15.0 Å². The van der Waals surface area contributed by atoms with Gasteiger partial charge in [-0.2, -0.15) is 0 Å². The third-order valence-corrected chi connectivity index (χ3v) is 4.40. The highest BCUT2D eigenvalue weighted by molar-refractivity contribution is 5.80. The molecule has 0 aliphatic rings. The molecule has 0 radical (unpaired) electrons. The SMILES string of the molecule is Cc1cccc(OCCn2c(-c3ccc(N)cc3)nc3ccccc32)c1. The molecule has 4 aromatic rings. The van der Waals surface area contributed by atoms with Crippen LogP contribution >= 0.6 is 0 Å². The molecule has 26 heavy (non-hydrogen) atoms. The number of fused-ring (bicyclic) bond motifs is 1. The molecule has 2 N–H and O–H groups in total. The van der Waals surface area contributed by atoms with E-state index in [1.54, 1.807) is 0 Å². The number of hydrogen-bond acceptors (Lipinski definition) is 3. The molecule has 0 bridgehead atoms. The Balaban J connectivity index is 1.64. The van der Waals surface area contributed by atoms with E-state index >= 15 is 0 Å². The Labute approximate surface area is 152 Å². The van der Waals surface area contributed by atoms with Crippen molar-refractivity contribution in [2.45, 2.75) is 13.5 Å². The van der Waals surface area contributed by atoms with E-state index in [0.29, 0.717) is 13.2 Å². The molecular weight excluding hydrogens is 322 g/mol. The molecule has 0 fully saturated rings. The van der Waals surface area contributed by atoms with Gasteiger partial charge in [-0.05, 0) is 61.0 Å². The van der Waals surface area contributed by atoms with Gasteiger partial charge in [0.1, 0.15) is 18.2 Å². The highest BCUT2D eigenvalue weighted by Crippen LogP contribution is 2.25. The first kappa shape index (κ1) is 16.2. The standard InChI is InChI=1S/C22H21N3O/c1-16-5-4-6-19(15-16)26-14-13-25-21-8-3-2-7-20(21)24-22(25)17-9-11-18(23)12-10-17/h2-12,15H,13-14,23H2,1H3. The van der Waals surface area contributed by atoms with Crippen molar-refractivity contribution >= 4 is 16.7 Å². The Morgan fingerprint density at radius 3 is 2.58 bits per heavy atom. The van der Waals surface area contributed by atoms with Crippen molar-refractivity contribution in [2.75, 3.05) is 12.3 Å². The molecule has 0 atom stereocenters. The van der Waals surface area contributed by atoms with Gasteiger partial charge in [-0.3, -0.25) is 0 Å². The third kappa shape index (κ3) is 3.26. The van der Waals surface area contributed by atoms with Gasteiger partial charge in [0.15, 0.2) is 0 Å². The molecule has 0 spiro atoms. The van der Waals surface area contributed by atoms with Gasteiger partial charge in [0.2, 0.25) is 0 Å². The van der Waals surface area contributed by atoms with Crippen LogP contribution in [0.4, 0.5) is 5.69 Å². The van der Waals surface area contributed by atoms with E-state index < -0.39 is 0 Å². The average Bonchev–Trinajstić information content (AvgIpc) is 3.01. The maximum absolute atomic E-state index is 5.95. The van der Waals surface area contributed by atoms with Crippen molar-refractivity contribution in [3.05, 3.63) is 78.4 Å². The van der Waals surface area contributed by atoms with Crippen LogP contribution in [0.15, 0.2) is 72.8 Å². The van der Waals surface area contributed by atoms with E-state index in [9.17, 15) is 0 Å². The van der Waals surface area contributed by atoms with Crippen molar-refractivity contribution in [1.29, 1.82) is 0 Å². The zero-order chi connectivity index (χ0) is 17.9. The molecular formula is C22H21N3O. The average molecular weight is 343 g/mol. The Bertz CT molecular complexity index is 1030. The number of rotatable bonds is 5. The van der Waals surface area contributed by atoms with E-state index in [-0.39, 0.29) is 0 Å². The molecule has 0 saturated heterocycles. The summed E-state index contributed by atoms with van der Waals surface area (Å²) < 4.78 is 8.16. The molecule has 0 saturated carbocycles. The minimum absolute atomic E-state index is 0.575. The Kier molecular flexibility index (Phi) is 4.32. The van der Waals surface area contributed by atoms with Crippen molar-refractivity contribution in [2.24, 2.45) is 0 Å². The predicted octanol–water partition coefficient (Wildman–Crippen LogP) is 4.67. The highest BCUT2D eigenvalue weighted by Gasteiger charge is 2.12. The molecule has 4 nitrogen and oxygen atoms in total. The van der Waals surface area contributed by atoms with Crippen molar-refractivity contribution in [3.63, 3.8) is 0 Å². The summed E-state index contributed by atoms with van der Waals surface area (Å²) in [5.74, 6) is 1.82. The first-order valence-corrected chi connectivity index (χ1v) is 8.71. The number of nitrogens with zero attached hydrogens (tertiary/aromatic N) is 2. The van der Waals surface area contributed by atoms with E-state index in [0.717, 1.165) is 33.9 Å². The van der Waals surface area contributed by atoms with Gasteiger partial charge in [-0.25, -0.2) is 4.98 Å². The normalized spacial score (nSPS) is 11.0. The van der Waals surface area contributed by atoms with Gasteiger partial charge in [-0.15, -0.1) is 0 Å². The van der Waals surface area contributed by atoms with Crippen molar-refractivity contribution in [1.82, 2.24) is 9.55 Å². The fourth-order valence-electron chi connectivity index (χ4n) is 3.11. The summed E-state index contributed by atoms with van der Waals surface area (Å²) in [6, 6.07) is 24.1. The minimum atomic E-state index is 0.575. The molecule has 4 rings (SSSR count). The lowest BCUT2D eigenvalue weighted by molar-refractivity contribution is 0.300. The number of aromatic nitrogens is 2. The first-order chi connectivity index (χ1) is 12.7.